The van der Waals surface area contributed by atoms with Crippen LogP contribution >= 0.6 is 0 Å². The van der Waals surface area contributed by atoms with E-state index in [1.165, 1.54) is 0 Å². The molecule has 0 unspecified atom stereocenters. The normalized spacial score (nSPS) is 10.4. The number of hydrogen-bond acceptors (Lipinski definition) is 6. The second-order valence-electron chi connectivity index (χ2n) is 6.18. The Morgan fingerprint density at radius 3 is 2.63 bits per heavy atom. The molecule has 0 bridgehead atoms. The molecule has 0 radical (unpaired) electrons. The lowest BCUT2D eigenvalue weighted by Gasteiger charge is -2.12. The van der Waals surface area contributed by atoms with Crippen molar-refractivity contribution in [2.75, 3.05) is 14.2 Å². The average Bonchev–Trinajstić information content (AvgIpc) is 3.14. The molecule has 1 heterocycles. The van der Waals surface area contributed by atoms with Crippen molar-refractivity contribution >= 4 is 6.08 Å². The molecule has 1 aromatic heterocycles. The standard InChI is InChI=1S/C21H22N2O4/c1-14(2)10-20-22-21(23-27-20)16-8-9-18(19(12-16)25-4)26-13-15-6-5-7-17(11-15)24-3/h5-12H,13H2,1-4H3. The molecule has 0 amide bonds. The van der Waals surface area contributed by atoms with Crippen LogP contribution in [-0.2, 0) is 6.61 Å². The van der Waals surface area contributed by atoms with E-state index in [1.807, 2.05) is 62.4 Å². The van der Waals surface area contributed by atoms with Gasteiger partial charge in [-0.15, -0.1) is 0 Å². The van der Waals surface area contributed by atoms with E-state index in [2.05, 4.69) is 10.1 Å². The maximum atomic E-state index is 5.91. The third-order valence-electron chi connectivity index (χ3n) is 3.80. The summed E-state index contributed by atoms with van der Waals surface area (Å²) >= 11 is 0. The number of aromatic nitrogens is 2. The van der Waals surface area contributed by atoms with Gasteiger partial charge in [-0.3, -0.25) is 0 Å². The summed E-state index contributed by atoms with van der Waals surface area (Å²) in [5.41, 5.74) is 2.88. The van der Waals surface area contributed by atoms with Gasteiger partial charge in [-0.1, -0.05) is 22.9 Å². The SMILES string of the molecule is COc1cccc(COc2ccc(-c3noc(C=C(C)C)n3)cc2OC)c1. The number of rotatable bonds is 7. The van der Waals surface area contributed by atoms with E-state index in [0.29, 0.717) is 29.8 Å². The van der Waals surface area contributed by atoms with Gasteiger partial charge in [0.05, 0.1) is 14.2 Å². The van der Waals surface area contributed by atoms with Crippen LogP contribution in [0.15, 0.2) is 52.6 Å². The van der Waals surface area contributed by atoms with Crippen LogP contribution in [0.4, 0.5) is 0 Å². The summed E-state index contributed by atoms with van der Waals surface area (Å²) in [6.07, 6.45) is 1.83. The highest BCUT2D eigenvalue weighted by molar-refractivity contribution is 5.61. The summed E-state index contributed by atoms with van der Waals surface area (Å²) in [4.78, 5) is 4.37. The molecule has 0 aliphatic heterocycles. The lowest BCUT2D eigenvalue weighted by Crippen LogP contribution is -1.98. The summed E-state index contributed by atoms with van der Waals surface area (Å²) in [7, 11) is 3.24. The first-order valence-corrected chi connectivity index (χ1v) is 8.52. The molecule has 27 heavy (non-hydrogen) atoms. The van der Waals surface area contributed by atoms with E-state index < -0.39 is 0 Å². The molecule has 0 saturated carbocycles. The monoisotopic (exact) mass is 366 g/mol. The Morgan fingerprint density at radius 2 is 1.89 bits per heavy atom. The fourth-order valence-corrected chi connectivity index (χ4v) is 2.51. The molecule has 0 aliphatic rings. The number of hydrogen-bond donors (Lipinski definition) is 0. The Labute approximate surface area is 158 Å². The molecule has 3 aromatic rings. The fraction of sp³-hybridized carbons (Fsp3) is 0.238. The van der Waals surface area contributed by atoms with Crippen LogP contribution in [0.5, 0.6) is 17.2 Å². The maximum absolute atomic E-state index is 5.91. The van der Waals surface area contributed by atoms with Crippen LogP contribution in [0.25, 0.3) is 17.5 Å². The molecule has 0 N–H and O–H groups in total. The lowest BCUT2D eigenvalue weighted by molar-refractivity contribution is 0.284. The highest BCUT2D eigenvalue weighted by Gasteiger charge is 2.12. The van der Waals surface area contributed by atoms with Crippen LogP contribution in [0.2, 0.25) is 0 Å². The van der Waals surface area contributed by atoms with Gasteiger partial charge in [-0.25, -0.2) is 0 Å². The maximum Gasteiger partial charge on any atom is 0.250 e. The van der Waals surface area contributed by atoms with Gasteiger partial charge in [0.25, 0.3) is 5.89 Å². The molecule has 6 nitrogen and oxygen atoms in total. The first kappa shape index (κ1) is 18.5. The predicted molar refractivity (Wildman–Crippen MR) is 103 cm³/mol. The Bertz CT molecular complexity index is 943. The molecule has 6 heteroatoms. The Balaban J connectivity index is 1.77. The zero-order valence-electron chi connectivity index (χ0n) is 15.9. The third-order valence-corrected chi connectivity index (χ3v) is 3.80. The van der Waals surface area contributed by atoms with Crippen LogP contribution in [-0.4, -0.2) is 24.4 Å². The van der Waals surface area contributed by atoms with Crippen molar-refractivity contribution in [1.29, 1.82) is 0 Å². The smallest absolute Gasteiger partial charge is 0.250 e. The molecular weight excluding hydrogens is 344 g/mol. The van der Waals surface area contributed by atoms with Crippen molar-refractivity contribution in [1.82, 2.24) is 10.1 Å². The summed E-state index contributed by atoms with van der Waals surface area (Å²) in [5, 5.41) is 4.02. The van der Waals surface area contributed by atoms with Crippen molar-refractivity contribution in [2.24, 2.45) is 0 Å². The summed E-state index contributed by atoms with van der Waals surface area (Å²) in [5.74, 6) is 3.01. The minimum Gasteiger partial charge on any atom is -0.497 e. The predicted octanol–water partition coefficient (Wildman–Crippen LogP) is 4.76. The van der Waals surface area contributed by atoms with E-state index in [4.69, 9.17) is 18.7 Å². The second-order valence-corrected chi connectivity index (χ2v) is 6.18. The van der Waals surface area contributed by atoms with Crippen LogP contribution in [0.1, 0.15) is 25.3 Å². The summed E-state index contributed by atoms with van der Waals surface area (Å²) < 4.78 is 21.8. The number of nitrogens with zero attached hydrogens (tertiary/aromatic N) is 2. The second kappa shape index (κ2) is 8.40. The Hall–Kier alpha value is -3.28. The number of ether oxygens (including phenoxy) is 3. The van der Waals surface area contributed by atoms with Crippen LogP contribution < -0.4 is 14.2 Å². The molecule has 2 aromatic carbocycles. The highest BCUT2D eigenvalue weighted by Crippen LogP contribution is 2.32. The molecule has 140 valence electrons. The van der Waals surface area contributed by atoms with Gasteiger partial charge in [0, 0.05) is 11.6 Å². The number of methoxy groups -OCH3 is 2. The molecule has 0 aliphatic carbocycles. The first-order valence-electron chi connectivity index (χ1n) is 8.52. The minimum atomic E-state index is 0.403. The van der Waals surface area contributed by atoms with Crippen molar-refractivity contribution in [2.45, 2.75) is 20.5 Å². The van der Waals surface area contributed by atoms with Gasteiger partial charge < -0.3 is 18.7 Å². The van der Waals surface area contributed by atoms with Crippen molar-refractivity contribution < 1.29 is 18.7 Å². The van der Waals surface area contributed by atoms with Gasteiger partial charge in [0.2, 0.25) is 5.82 Å². The van der Waals surface area contributed by atoms with E-state index >= 15 is 0 Å². The van der Waals surface area contributed by atoms with E-state index in [0.717, 1.165) is 22.4 Å². The summed E-state index contributed by atoms with van der Waals surface area (Å²) in [6, 6.07) is 13.3. The van der Waals surface area contributed by atoms with Gasteiger partial charge in [0.1, 0.15) is 12.4 Å². The number of allylic oxidation sites excluding steroid dienone is 1. The quantitative estimate of drug-likeness (QED) is 0.601. The largest absolute Gasteiger partial charge is 0.497 e. The van der Waals surface area contributed by atoms with Crippen LogP contribution in [0.3, 0.4) is 0 Å². The summed E-state index contributed by atoms with van der Waals surface area (Å²) in [6.45, 7) is 4.35. The van der Waals surface area contributed by atoms with Gasteiger partial charge in [-0.2, -0.15) is 4.98 Å². The molecule has 0 spiro atoms. The lowest BCUT2D eigenvalue weighted by atomic mass is 10.2. The van der Waals surface area contributed by atoms with E-state index in [9.17, 15) is 0 Å². The first-order chi connectivity index (χ1) is 13.1. The zero-order chi connectivity index (χ0) is 19.2. The van der Waals surface area contributed by atoms with Crippen molar-refractivity contribution in [3.05, 3.63) is 59.5 Å². The zero-order valence-corrected chi connectivity index (χ0v) is 15.9. The molecular formula is C21H22N2O4. The van der Waals surface area contributed by atoms with Gasteiger partial charge in [-0.05, 0) is 49.7 Å². The Kier molecular flexibility index (Phi) is 5.76. The Morgan fingerprint density at radius 1 is 1.04 bits per heavy atom. The van der Waals surface area contributed by atoms with E-state index in [1.54, 1.807) is 14.2 Å². The van der Waals surface area contributed by atoms with Crippen molar-refractivity contribution in [3.8, 4) is 28.6 Å². The topological polar surface area (TPSA) is 66.6 Å². The van der Waals surface area contributed by atoms with E-state index in [-0.39, 0.29) is 0 Å². The van der Waals surface area contributed by atoms with Crippen molar-refractivity contribution in [3.63, 3.8) is 0 Å². The average molecular weight is 366 g/mol. The minimum absolute atomic E-state index is 0.403. The fourth-order valence-electron chi connectivity index (χ4n) is 2.51. The molecule has 0 atom stereocenters. The van der Waals surface area contributed by atoms with Gasteiger partial charge in [0.15, 0.2) is 11.5 Å². The van der Waals surface area contributed by atoms with Gasteiger partial charge >= 0.3 is 0 Å². The molecule has 0 saturated heterocycles. The molecule has 0 fully saturated rings. The van der Waals surface area contributed by atoms with Crippen LogP contribution in [0, 0.1) is 0 Å². The third kappa shape index (κ3) is 4.67. The number of benzene rings is 2. The highest BCUT2D eigenvalue weighted by atomic mass is 16.5. The molecule has 3 rings (SSSR count).